The number of carbonyl (C=O) groups excluding carboxylic acids is 2. The molecule has 110 valence electrons. The molecule has 1 aromatic rings. The molecular weight excluding hydrogens is 256 g/mol. The molecule has 1 aromatic carbocycles. The van der Waals surface area contributed by atoms with E-state index in [1.165, 1.54) is 5.56 Å². The van der Waals surface area contributed by atoms with Crippen molar-refractivity contribution in [3.8, 4) is 0 Å². The van der Waals surface area contributed by atoms with Gasteiger partial charge in [-0.15, -0.1) is 0 Å². The molecular formula is C15H22N2O3. The second-order valence-electron chi connectivity index (χ2n) is 5.45. The van der Waals surface area contributed by atoms with Gasteiger partial charge in [0.15, 0.2) is 0 Å². The maximum absolute atomic E-state index is 11.7. The fraction of sp³-hybridized carbons (Fsp3) is 0.467. The van der Waals surface area contributed by atoms with E-state index in [1.54, 1.807) is 20.8 Å². The molecule has 0 saturated heterocycles. The van der Waals surface area contributed by atoms with Crippen molar-refractivity contribution in [2.24, 2.45) is 0 Å². The van der Waals surface area contributed by atoms with Crippen molar-refractivity contribution in [1.29, 1.82) is 0 Å². The lowest BCUT2D eigenvalue weighted by Crippen LogP contribution is -2.37. The van der Waals surface area contributed by atoms with E-state index in [4.69, 9.17) is 4.74 Å². The summed E-state index contributed by atoms with van der Waals surface area (Å²) in [4.78, 5) is 23.0. The summed E-state index contributed by atoms with van der Waals surface area (Å²) in [6, 6.07) is 7.59. The molecule has 0 saturated carbocycles. The highest BCUT2D eigenvalue weighted by Gasteiger charge is 2.16. The van der Waals surface area contributed by atoms with Gasteiger partial charge in [0.1, 0.15) is 12.1 Å². The van der Waals surface area contributed by atoms with Crippen LogP contribution in [0.2, 0.25) is 0 Å². The van der Waals surface area contributed by atoms with Crippen molar-refractivity contribution in [2.45, 2.75) is 39.7 Å². The van der Waals surface area contributed by atoms with E-state index in [9.17, 15) is 9.59 Å². The van der Waals surface area contributed by atoms with E-state index < -0.39 is 11.7 Å². The van der Waals surface area contributed by atoms with E-state index in [2.05, 4.69) is 17.6 Å². The lowest BCUT2D eigenvalue weighted by atomic mass is 10.1. The fourth-order valence-electron chi connectivity index (χ4n) is 1.50. The van der Waals surface area contributed by atoms with Crippen LogP contribution in [0.3, 0.4) is 0 Å². The van der Waals surface area contributed by atoms with Crippen LogP contribution >= 0.6 is 0 Å². The number of anilines is 1. The summed E-state index contributed by atoms with van der Waals surface area (Å²) in [6.45, 7) is 7.24. The Balaban J connectivity index is 2.38. The van der Waals surface area contributed by atoms with Crippen molar-refractivity contribution >= 4 is 17.7 Å². The highest BCUT2D eigenvalue weighted by atomic mass is 16.6. The fourth-order valence-corrected chi connectivity index (χ4v) is 1.50. The van der Waals surface area contributed by atoms with Gasteiger partial charge < -0.3 is 15.4 Å². The van der Waals surface area contributed by atoms with Crippen LogP contribution in [0.1, 0.15) is 33.3 Å². The van der Waals surface area contributed by atoms with Crippen molar-refractivity contribution < 1.29 is 14.3 Å². The van der Waals surface area contributed by atoms with Crippen molar-refractivity contribution in [3.05, 3.63) is 29.8 Å². The lowest BCUT2D eigenvalue weighted by Gasteiger charge is -2.19. The van der Waals surface area contributed by atoms with E-state index in [-0.39, 0.29) is 12.5 Å². The van der Waals surface area contributed by atoms with E-state index >= 15 is 0 Å². The summed E-state index contributed by atoms with van der Waals surface area (Å²) in [5, 5.41) is 5.11. The first-order valence-corrected chi connectivity index (χ1v) is 6.66. The zero-order valence-corrected chi connectivity index (χ0v) is 12.4. The Kier molecular flexibility index (Phi) is 5.55. The number of aryl methyl sites for hydroxylation is 1. The van der Waals surface area contributed by atoms with Crippen molar-refractivity contribution in [2.75, 3.05) is 11.9 Å². The van der Waals surface area contributed by atoms with Crippen LogP contribution in [0.25, 0.3) is 0 Å². The third-order valence-electron chi connectivity index (χ3n) is 2.44. The van der Waals surface area contributed by atoms with Crippen LogP contribution in [0.4, 0.5) is 10.5 Å². The van der Waals surface area contributed by atoms with E-state index in [1.807, 2.05) is 24.3 Å². The number of carbonyl (C=O) groups is 2. The number of benzene rings is 1. The Morgan fingerprint density at radius 2 is 1.75 bits per heavy atom. The molecule has 0 radical (unpaired) electrons. The van der Waals surface area contributed by atoms with Gasteiger partial charge in [0.25, 0.3) is 0 Å². The lowest BCUT2D eigenvalue weighted by molar-refractivity contribution is -0.115. The number of rotatable bonds is 4. The maximum atomic E-state index is 11.7. The van der Waals surface area contributed by atoms with Gasteiger partial charge in [0.2, 0.25) is 5.91 Å². The molecule has 0 aliphatic heterocycles. The van der Waals surface area contributed by atoms with Crippen LogP contribution in [-0.4, -0.2) is 24.1 Å². The third-order valence-corrected chi connectivity index (χ3v) is 2.44. The number of nitrogens with one attached hydrogen (secondary N) is 2. The van der Waals surface area contributed by atoms with E-state index in [0.29, 0.717) is 5.69 Å². The van der Waals surface area contributed by atoms with Gasteiger partial charge in [-0.05, 0) is 44.9 Å². The predicted octanol–water partition coefficient (Wildman–Crippen LogP) is 2.71. The summed E-state index contributed by atoms with van der Waals surface area (Å²) in [5.74, 6) is -0.292. The molecule has 0 unspecified atom stereocenters. The molecule has 2 N–H and O–H groups in total. The zero-order chi connectivity index (χ0) is 15.2. The summed E-state index contributed by atoms with van der Waals surface area (Å²) >= 11 is 0. The number of amides is 2. The Bertz CT molecular complexity index is 461. The van der Waals surface area contributed by atoms with Crippen LogP contribution < -0.4 is 10.6 Å². The standard InChI is InChI=1S/C15H22N2O3/c1-5-11-6-8-12(9-7-11)17-13(18)10-16-14(19)20-15(2,3)4/h6-9H,5,10H2,1-4H3,(H,16,19)(H,17,18). The van der Waals surface area contributed by atoms with Crippen LogP contribution in [0.15, 0.2) is 24.3 Å². The first-order chi connectivity index (χ1) is 9.30. The van der Waals surface area contributed by atoms with Gasteiger partial charge in [-0.1, -0.05) is 19.1 Å². The molecule has 5 nitrogen and oxygen atoms in total. The minimum atomic E-state index is -0.603. The SMILES string of the molecule is CCc1ccc(NC(=O)CNC(=O)OC(C)(C)C)cc1. The van der Waals surface area contributed by atoms with Gasteiger partial charge in [0.05, 0.1) is 0 Å². The normalized spacial score (nSPS) is 10.8. The van der Waals surface area contributed by atoms with E-state index in [0.717, 1.165) is 6.42 Å². The summed E-state index contributed by atoms with van der Waals surface area (Å²) < 4.78 is 5.04. The molecule has 20 heavy (non-hydrogen) atoms. The first kappa shape index (κ1) is 16.0. The van der Waals surface area contributed by atoms with Crippen molar-refractivity contribution in [1.82, 2.24) is 5.32 Å². The second kappa shape index (κ2) is 6.93. The minimum absolute atomic E-state index is 0.121. The molecule has 1 rings (SSSR count). The number of ether oxygens (including phenoxy) is 1. The molecule has 2 amide bonds. The second-order valence-corrected chi connectivity index (χ2v) is 5.45. The van der Waals surface area contributed by atoms with Gasteiger partial charge in [-0.2, -0.15) is 0 Å². The molecule has 0 atom stereocenters. The molecule has 0 heterocycles. The molecule has 5 heteroatoms. The van der Waals surface area contributed by atoms with Crippen LogP contribution in [0, 0.1) is 0 Å². The minimum Gasteiger partial charge on any atom is -0.444 e. The molecule has 0 aliphatic rings. The van der Waals surface area contributed by atoms with Gasteiger partial charge >= 0.3 is 6.09 Å². The first-order valence-electron chi connectivity index (χ1n) is 6.66. The number of hydrogen-bond acceptors (Lipinski definition) is 3. The van der Waals surface area contributed by atoms with Gasteiger partial charge in [0, 0.05) is 5.69 Å². The number of hydrogen-bond donors (Lipinski definition) is 2. The summed E-state index contributed by atoms with van der Waals surface area (Å²) in [6.07, 6.45) is 0.350. The van der Waals surface area contributed by atoms with Crippen molar-refractivity contribution in [3.63, 3.8) is 0 Å². The average Bonchev–Trinajstić information content (AvgIpc) is 2.35. The predicted molar refractivity (Wildman–Crippen MR) is 78.7 cm³/mol. The Morgan fingerprint density at radius 3 is 2.25 bits per heavy atom. The Labute approximate surface area is 119 Å². The average molecular weight is 278 g/mol. The smallest absolute Gasteiger partial charge is 0.408 e. The van der Waals surface area contributed by atoms with Gasteiger partial charge in [-0.25, -0.2) is 4.79 Å². The number of alkyl carbamates (subject to hydrolysis) is 1. The topological polar surface area (TPSA) is 67.4 Å². The Morgan fingerprint density at radius 1 is 1.15 bits per heavy atom. The maximum Gasteiger partial charge on any atom is 0.408 e. The molecule has 0 spiro atoms. The highest BCUT2D eigenvalue weighted by molar-refractivity contribution is 5.93. The van der Waals surface area contributed by atoms with Crippen LogP contribution in [0.5, 0.6) is 0 Å². The van der Waals surface area contributed by atoms with Crippen LogP contribution in [-0.2, 0) is 16.0 Å². The zero-order valence-electron chi connectivity index (χ0n) is 12.4. The monoisotopic (exact) mass is 278 g/mol. The molecule has 0 bridgehead atoms. The Hall–Kier alpha value is -2.04. The summed E-state index contributed by atoms with van der Waals surface area (Å²) in [7, 11) is 0. The highest BCUT2D eigenvalue weighted by Crippen LogP contribution is 2.09. The molecule has 0 aromatic heterocycles. The quantitative estimate of drug-likeness (QED) is 0.889. The molecule has 0 aliphatic carbocycles. The molecule has 0 fully saturated rings. The third kappa shape index (κ3) is 6.22. The summed E-state index contributed by atoms with van der Waals surface area (Å²) in [5.41, 5.74) is 1.34. The van der Waals surface area contributed by atoms with Gasteiger partial charge in [-0.3, -0.25) is 4.79 Å². The largest absolute Gasteiger partial charge is 0.444 e.